The molecule has 0 radical (unpaired) electrons. The van der Waals surface area contributed by atoms with Gasteiger partial charge in [-0.1, -0.05) is 60.7 Å². The van der Waals surface area contributed by atoms with Crippen molar-refractivity contribution in [3.05, 3.63) is 82.9 Å². The van der Waals surface area contributed by atoms with E-state index in [1.165, 1.54) is 0 Å². The Morgan fingerprint density at radius 1 is 0.545 bits per heavy atom. The number of ketones is 2. The van der Waals surface area contributed by atoms with E-state index in [0.717, 1.165) is 11.1 Å². The maximum absolute atomic E-state index is 12.8. The van der Waals surface area contributed by atoms with Crippen molar-refractivity contribution in [2.75, 3.05) is 0 Å². The van der Waals surface area contributed by atoms with E-state index >= 15 is 0 Å². The van der Waals surface area contributed by atoms with Gasteiger partial charge in [-0.05, 0) is 25.0 Å². The molecule has 0 unspecified atom stereocenters. The summed E-state index contributed by atoms with van der Waals surface area (Å²) in [6, 6.07) is 18.8. The first-order valence-electron chi connectivity index (χ1n) is 7.23. The summed E-state index contributed by atoms with van der Waals surface area (Å²) in [5.41, 5.74) is 3.63. The average molecular weight is 288 g/mol. The Labute approximate surface area is 129 Å². The van der Waals surface area contributed by atoms with Crippen molar-refractivity contribution in [3.8, 4) is 0 Å². The minimum absolute atomic E-state index is 0.0675. The summed E-state index contributed by atoms with van der Waals surface area (Å²) < 4.78 is 0. The standard InChI is InChI=1S/C20H16O2/c1-13-14(2)20(22)18(16-11-7-4-8-12-16)17(19(13)21)15-9-5-3-6-10-15/h3-12H,1-2H3. The summed E-state index contributed by atoms with van der Waals surface area (Å²) in [7, 11) is 0. The Kier molecular flexibility index (Phi) is 3.60. The predicted octanol–water partition coefficient (Wildman–Crippen LogP) is 4.09. The molecule has 108 valence electrons. The van der Waals surface area contributed by atoms with Crippen molar-refractivity contribution in [3.63, 3.8) is 0 Å². The van der Waals surface area contributed by atoms with Crippen LogP contribution in [0.2, 0.25) is 0 Å². The van der Waals surface area contributed by atoms with Crippen LogP contribution in [0.15, 0.2) is 71.8 Å². The van der Waals surface area contributed by atoms with E-state index in [1.54, 1.807) is 13.8 Å². The van der Waals surface area contributed by atoms with Crippen LogP contribution >= 0.6 is 0 Å². The first-order chi connectivity index (χ1) is 10.6. The average Bonchev–Trinajstić information content (AvgIpc) is 2.57. The van der Waals surface area contributed by atoms with Crippen molar-refractivity contribution < 1.29 is 9.59 Å². The lowest BCUT2D eigenvalue weighted by Gasteiger charge is -2.21. The van der Waals surface area contributed by atoms with Gasteiger partial charge in [0.15, 0.2) is 11.6 Å². The molecule has 0 heterocycles. The maximum atomic E-state index is 12.8. The molecule has 0 aliphatic heterocycles. The van der Waals surface area contributed by atoms with E-state index in [-0.39, 0.29) is 11.6 Å². The van der Waals surface area contributed by atoms with Crippen LogP contribution in [0.1, 0.15) is 25.0 Å². The number of hydrogen-bond donors (Lipinski definition) is 0. The lowest BCUT2D eigenvalue weighted by atomic mass is 9.79. The molecule has 1 aliphatic rings. The smallest absolute Gasteiger partial charge is 0.190 e. The topological polar surface area (TPSA) is 34.1 Å². The summed E-state index contributed by atoms with van der Waals surface area (Å²) in [6.07, 6.45) is 0. The fourth-order valence-electron chi connectivity index (χ4n) is 2.70. The maximum Gasteiger partial charge on any atom is 0.190 e. The Morgan fingerprint density at radius 2 is 0.864 bits per heavy atom. The van der Waals surface area contributed by atoms with Gasteiger partial charge >= 0.3 is 0 Å². The third-order valence-electron chi connectivity index (χ3n) is 4.07. The summed E-state index contributed by atoms with van der Waals surface area (Å²) in [4.78, 5) is 25.6. The highest BCUT2D eigenvalue weighted by molar-refractivity contribution is 6.50. The summed E-state index contributed by atoms with van der Waals surface area (Å²) >= 11 is 0. The Hall–Kier alpha value is -2.74. The van der Waals surface area contributed by atoms with E-state index in [2.05, 4.69) is 0 Å². The monoisotopic (exact) mass is 288 g/mol. The highest BCUT2D eigenvalue weighted by atomic mass is 16.1. The van der Waals surface area contributed by atoms with Gasteiger partial charge in [0.05, 0.1) is 0 Å². The van der Waals surface area contributed by atoms with Crippen LogP contribution in [0, 0.1) is 0 Å². The van der Waals surface area contributed by atoms with Gasteiger partial charge in [-0.15, -0.1) is 0 Å². The molecular weight excluding hydrogens is 272 g/mol. The first kappa shape index (κ1) is 14.2. The van der Waals surface area contributed by atoms with Crippen LogP contribution in [0.5, 0.6) is 0 Å². The van der Waals surface area contributed by atoms with Crippen LogP contribution in [-0.2, 0) is 9.59 Å². The van der Waals surface area contributed by atoms with Crippen LogP contribution in [0.4, 0.5) is 0 Å². The van der Waals surface area contributed by atoms with Crippen molar-refractivity contribution >= 4 is 22.7 Å². The number of carbonyl (C=O) groups excluding carboxylic acids is 2. The zero-order valence-electron chi connectivity index (χ0n) is 12.6. The van der Waals surface area contributed by atoms with Gasteiger partial charge in [-0.25, -0.2) is 0 Å². The van der Waals surface area contributed by atoms with Crippen LogP contribution in [-0.4, -0.2) is 11.6 Å². The van der Waals surface area contributed by atoms with Crippen molar-refractivity contribution in [1.29, 1.82) is 0 Å². The molecule has 0 atom stereocenters. The molecule has 0 bridgehead atoms. The molecule has 22 heavy (non-hydrogen) atoms. The fraction of sp³-hybridized carbons (Fsp3) is 0.100. The van der Waals surface area contributed by atoms with Gasteiger partial charge in [0.2, 0.25) is 0 Å². The number of carbonyl (C=O) groups is 2. The highest BCUT2D eigenvalue weighted by Crippen LogP contribution is 2.36. The van der Waals surface area contributed by atoms with Crippen molar-refractivity contribution in [2.24, 2.45) is 0 Å². The molecule has 2 aromatic rings. The van der Waals surface area contributed by atoms with E-state index in [4.69, 9.17) is 0 Å². The molecule has 0 amide bonds. The first-order valence-corrected chi connectivity index (χ1v) is 7.23. The van der Waals surface area contributed by atoms with Crippen LogP contribution in [0.25, 0.3) is 11.1 Å². The van der Waals surface area contributed by atoms with E-state index in [9.17, 15) is 9.59 Å². The quantitative estimate of drug-likeness (QED) is 0.780. The minimum atomic E-state index is -0.0675. The summed E-state index contributed by atoms with van der Waals surface area (Å²) in [6.45, 7) is 3.44. The predicted molar refractivity (Wildman–Crippen MR) is 88.1 cm³/mol. The van der Waals surface area contributed by atoms with Gasteiger partial charge in [0.25, 0.3) is 0 Å². The van der Waals surface area contributed by atoms with E-state index in [0.29, 0.717) is 22.3 Å². The number of benzene rings is 2. The lowest BCUT2D eigenvalue weighted by Crippen LogP contribution is -2.20. The SMILES string of the molecule is CC1=C(C)C(=O)C(c2ccccc2)=C(c2ccccc2)C1=O. The molecule has 1 aliphatic carbocycles. The number of Topliss-reactive ketones (excluding diaryl/α,β-unsaturated/α-hetero) is 2. The summed E-state index contributed by atoms with van der Waals surface area (Å²) in [5.74, 6) is -0.135. The molecule has 0 aromatic heterocycles. The minimum Gasteiger partial charge on any atom is -0.289 e. The van der Waals surface area contributed by atoms with Crippen LogP contribution < -0.4 is 0 Å². The Bertz CT molecular complexity index is 740. The molecule has 2 aromatic carbocycles. The normalized spacial score (nSPS) is 15.5. The van der Waals surface area contributed by atoms with Gasteiger partial charge in [-0.2, -0.15) is 0 Å². The molecule has 2 nitrogen and oxygen atoms in total. The fourth-order valence-corrected chi connectivity index (χ4v) is 2.70. The summed E-state index contributed by atoms with van der Waals surface area (Å²) in [5, 5.41) is 0. The van der Waals surface area contributed by atoms with Gasteiger partial charge in [0.1, 0.15) is 0 Å². The molecule has 0 saturated carbocycles. The van der Waals surface area contributed by atoms with Crippen molar-refractivity contribution in [1.82, 2.24) is 0 Å². The third kappa shape index (κ3) is 2.23. The highest BCUT2D eigenvalue weighted by Gasteiger charge is 2.31. The molecule has 0 fully saturated rings. The molecule has 0 saturated heterocycles. The number of hydrogen-bond acceptors (Lipinski definition) is 2. The number of rotatable bonds is 2. The second-order valence-corrected chi connectivity index (χ2v) is 5.39. The zero-order valence-corrected chi connectivity index (χ0v) is 12.6. The molecule has 3 rings (SSSR count). The second-order valence-electron chi connectivity index (χ2n) is 5.39. The van der Waals surface area contributed by atoms with Gasteiger partial charge < -0.3 is 0 Å². The van der Waals surface area contributed by atoms with Crippen LogP contribution in [0.3, 0.4) is 0 Å². The molecule has 0 N–H and O–H groups in total. The molecule has 2 heteroatoms. The van der Waals surface area contributed by atoms with Gasteiger partial charge in [0, 0.05) is 22.3 Å². The zero-order chi connectivity index (χ0) is 15.7. The Morgan fingerprint density at radius 3 is 1.18 bits per heavy atom. The second kappa shape index (κ2) is 5.57. The van der Waals surface area contributed by atoms with Crippen molar-refractivity contribution in [2.45, 2.75) is 13.8 Å². The lowest BCUT2D eigenvalue weighted by molar-refractivity contribution is -0.113. The third-order valence-corrected chi connectivity index (χ3v) is 4.07. The molecular formula is C20H16O2. The molecule has 0 spiro atoms. The van der Waals surface area contributed by atoms with Gasteiger partial charge in [-0.3, -0.25) is 9.59 Å². The van der Waals surface area contributed by atoms with E-state index in [1.807, 2.05) is 60.7 Å². The number of allylic oxidation sites excluding steroid dienone is 4. The Balaban J connectivity index is 2.32. The largest absolute Gasteiger partial charge is 0.289 e. The van der Waals surface area contributed by atoms with E-state index < -0.39 is 0 Å².